The Morgan fingerprint density at radius 3 is 2.23 bits per heavy atom. The Hall–Kier alpha value is -3.92. The van der Waals surface area contributed by atoms with Crippen LogP contribution < -0.4 is 14.4 Å². The number of anilines is 1. The molecule has 3 aromatic carbocycles. The van der Waals surface area contributed by atoms with Gasteiger partial charge in [-0.1, -0.05) is 49.7 Å². The number of amides is 2. The second-order valence-electron chi connectivity index (χ2n) is 8.96. The van der Waals surface area contributed by atoms with Gasteiger partial charge in [0.1, 0.15) is 24.2 Å². The Morgan fingerprint density at radius 2 is 1.62 bits per heavy atom. The van der Waals surface area contributed by atoms with Gasteiger partial charge in [0.25, 0.3) is 10.0 Å². The van der Waals surface area contributed by atoms with Crippen molar-refractivity contribution < 1.29 is 27.1 Å². The molecule has 0 aromatic heterocycles. The molecule has 0 radical (unpaired) electrons. The Kier molecular flexibility index (Phi) is 10.4. The zero-order valence-electron chi connectivity index (χ0n) is 22.3. The van der Waals surface area contributed by atoms with Crippen LogP contribution in [0.5, 0.6) is 5.75 Å². The number of rotatable bonds is 13. The van der Waals surface area contributed by atoms with E-state index in [1.54, 1.807) is 43.3 Å². The molecule has 0 unspecified atom stereocenters. The van der Waals surface area contributed by atoms with Crippen molar-refractivity contribution in [3.8, 4) is 5.75 Å². The van der Waals surface area contributed by atoms with E-state index in [1.807, 2.05) is 6.92 Å². The Labute approximate surface area is 229 Å². The van der Waals surface area contributed by atoms with Crippen LogP contribution in [-0.2, 0) is 26.2 Å². The van der Waals surface area contributed by atoms with Crippen molar-refractivity contribution in [3.05, 3.63) is 90.2 Å². The molecule has 3 rings (SSSR count). The molecule has 39 heavy (non-hydrogen) atoms. The van der Waals surface area contributed by atoms with Crippen molar-refractivity contribution in [2.24, 2.45) is 0 Å². The number of para-hydroxylation sites is 1. The van der Waals surface area contributed by atoms with E-state index in [-0.39, 0.29) is 22.7 Å². The van der Waals surface area contributed by atoms with Gasteiger partial charge >= 0.3 is 0 Å². The van der Waals surface area contributed by atoms with E-state index >= 15 is 0 Å². The lowest BCUT2D eigenvalue weighted by Gasteiger charge is -2.32. The number of nitrogens with zero attached hydrogens (tertiary/aromatic N) is 2. The van der Waals surface area contributed by atoms with Crippen LogP contribution >= 0.6 is 0 Å². The third-order valence-electron chi connectivity index (χ3n) is 6.27. The van der Waals surface area contributed by atoms with Gasteiger partial charge in [-0.25, -0.2) is 12.8 Å². The Balaban J connectivity index is 1.98. The van der Waals surface area contributed by atoms with E-state index in [9.17, 15) is 22.4 Å². The summed E-state index contributed by atoms with van der Waals surface area (Å²) < 4.78 is 48.2. The number of hydrogen-bond acceptors (Lipinski definition) is 5. The largest absolute Gasteiger partial charge is 0.497 e. The van der Waals surface area contributed by atoms with Gasteiger partial charge in [0.05, 0.1) is 17.7 Å². The zero-order chi connectivity index (χ0) is 28.4. The first-order valence-corrected chi connectivity index (χ1v) is 14.2. The minimum Gasteiger partial charge on any atom is -0.497 e. The average Bonchev–Trinajstić information content (AvgIpc) is 2.95. The molecular formula is C29H34FN3O5S. The molecule has 0 spiro atoms. The summed E-state index contributed by atoms with van der Waals surface area (Å²) in [4.78, 5) is 27.9. The van der Waals surface area contributed by atoms with Gasteiger partial charge in [-0.3, -0.25) is 13.9 Å². The smallest absolute Gasteiger partial charge is 0.264 e. The van der Waals surface area contributed by atoms with Crippen LogP contribution in [0.3, 0.4) is 0 Å². The number of hydrogen-bond donors (Lipinski definition) is 1. The molecular weight excluding hydrogens is 521 g/mol. The van der Waals surface area contributed by atoms with Gasteiger partial charge in [0, 0.05) is 18.7 Å². The summed E-state index contributed by atoms with van der Waals surface area (Å²) >= 11 is 0. The molecule has 0 saturated heterocycles. The van der Waals surface area contributed by atoms with Crippen LogP contribution in [0.25, 0.3) is 0 Å². The van der Waals surface area contributed by atoms with E-state index in [1.165, 1.54) is 54.5 Å². The standard InChI is InChI=1S/C29H34FN3O5S/c1-4-5-19-31-29(35)22(2)32(20-23-11-9-10-14-27(23)30)28(34)21-33(24-12-7-6-8-13-24)39(36,37)26-17-15-25(38-3)16-18-26/h6-18,22H,4-5,19-21H2,1-3H3,(H,31,35)/t22-/m0/s1. The molecule has 8 nitrogen and oxygen atoms in total. The van der Waals surface area contributed by atoms with E-state index in [2.05, 4.69) is 5.32 Å². The fraction of sp³-hybridized carbons (Fsp3) is 0.310. The number of methoxy groups -OCH3 is 1. The highest BCUT2D eigenvalue weighted by Crippen LogP contribution is 2.26. The normalized spacial score (nSPS) is 11.9. The van der Waals surface area contributed by atoms with Crippen LogP contribution in [-0.4, -0.2) is 51.4 Å². The topological polar surface area (TPSA) is 96.0 Å². The number of ether oxygens (including phenoxy) is 1. The van der Waals surface area contributed by atoms with E-state index in [0.717, 1.165) is 17.1 Å². The number of carbonyl (C=O) groups excluding carboxylic acids is 2. The number of benzene rings is 3. The lowest BCUT2D eigenvalue weighted by Crippen LogP contribution is -2.51. The molecule has 0 fully saturated rings. The van der Waals surface area contributed by atoms with Gasteiger partial charge in [-0.15, -0.1) is 0 Å². The molecule has 0 aliphatic rings. The highest BCUT2D eigenvalue weighted by Gasteiger charge is 2.32. The summed E-state index contributed by atoms with van der Waals surface area (Å²) in [5.41, 5.74) is 0.482. The fourth-order valence-corrected chi connectivity index (χ4v) is 5.34. The quantitative estimate of drug-likeness (QED) is 0.316. The van der Waals surface area contributed by atoms with Crippen molar-refractivity contribution in [1.29, 1.82) is 0 Å². The molecule has 208 valence electrons. The molecule has 10 heteroatoms. The summed E-state index contributed by atoms with van der Waals surface area (Å²) in [5.74, 6) is -1.11. The molecule has 0 bridgehead atoms. The monoisotopic (exact) mass is 555 g/mol. The maximum atomic E-state index is 14.6. The predicted octanol–water partition coefficient (Wildman–Crippen LogP) is 4.36. The maximum Gasteiger partial charge on any atom is 0.264 e. The third-order valence-corrected chi connectivity index (χ3v) is 8.05. The average molecular weight is 556 g/mol. The maximum absolute atomic E-state index is 14.6. The van der Waals surface area contributed by atoms with E-state index in [4.69, 9.17) is 4.74 Å². The molecule has 3 aromatic rings. The summed E-state index contributed by atoms with van der Waals surface area (Å²) in [6, 6.07) is 19.0. The molecule has 1 N–H and O–H groups in total. The fourth-order valence-electron chi connectivity index (χ4n) is 3.93. The number of carbonyl (C=O) groups is 2. The van der Waals surface area contributed by atoms with E-state index < -0.39 is 40.2 Å². The van der Waals surface area contributed by atoms with Crippen LogP contribution in [0.2, 0.25) is 0 Å². The lowest BCUT2D eigenvalue weighted by atomic mass is 10.1. The summed E-state index contributed by atoms with van der Waals surface area (Å²) in [6.07, 6.45) is 1.64. The Morgan fingerprint density at radius 1 is 0.974 bits per heavy atom. The van der Waals surface area contributed by atoms with Gasteiger partial charge in [-0.2, -0.15) is 0 Å². The van der Waals surface area contributed by atoms with E-state index in [0.29, 0.717) is 12.3 Å². The van der Waals surface area contributed by atoms with Crippen LogP contribution in [0.4, 0.5) is 10.1 Å². The van der Waals surface area contributed by atoms with Crippen molar-refractivity contribution in [2.45, 2.75) is 44.2 Å². The minimum atomic E-state index is -4.20. The number of sulfonamides is 1. The first-order chi connectivity index (χ1) is 18.7. The van der Waals surface area contributed by atoms with Crippen LogP contribution in [0.1, 0.15) is 32.3 Å². The first kappa shape index (κ1) is 29.6. The van der Waals surface area contributed by atoms with Crippen molar-refractivity contribution >= 4 is 27.5 Å². The molecule has 2 amide bonds. The molecule has 0 aliphatic heterocycles. The van der Waals surface area contributed by atoms with Crippen LogP contribution in [0, 0.1) is 5.82 Å². The molecule has 0 aliphatic carbocycles. The highest BCUT2D eigenvalue weighted by atomic mass is 32.2. The predicted molar refractivity (Wildman–Crippen MR) is 148 cm³/mol. The third kappa shape index (κ3) is 7.57. The molecule has 1 atom stereocenters. The minimum absolute atomic E-state index is 0.0361. The molecule has 0 heterocycles. The number of nitrogens with one attached hydrogen (secondary N) is 1. The summed E-state index contributed by atoms with van der Waals surface area (Å²) in [6.45, 7) is 3.16. The van der Waals surface area contributed by atoms with Crippen molar-refractivity contribution in [3.63, 3.8) is 0 Å². The second-order valence-corrected chi connectivity index (χ2v) is 10.8. The van der Waals surface area contributed by atoms with Gasteiger partial charge in [-0.05, 0) is 55.8 Å². The SMILES string of the molecule is CCCCNC(=O)[C@H](C)N(Cc1ccccc1F)C(=O)CN(c1ccccc1)S(=O)(=O)c1ccc(OC)cc1. The van der Waals surface area contributed by atoms with Crippen molar-refractivity contribution in [2.75, 3.05) is 24.5 Å². The number of halogens is 1. The summed E-state index contributed by atoms with van der Waals surface area (Å²) in [5, 5.41) is 2.80. The van der Waals surface area contributed by atoms with Gasteiger partial charge < -0.3 is 15.0 Å². The Bertz CT molecular complexity index is 1350. The zero-order valence-corrected chi connectivity index (χ0v) is 23.2. The lowest BCUT2D eigenvalue weighted by molar-refractivity contribution is -0.139. The number of unbranched alkanes of at least 4 members (excludes halogenated alkanes) is 1. The first-order valence-electron chi connectivity index (χ1n) is 12.7. The second kappa shape index (κ2) is 13.7. The van der Waals surface area contributed by atoms with Crippen molar-refractivity contribution in [1.82, 2.24) is 10.2 Å². The van der Waals surface area contributed by atoms with Gasteiger partial charge in [0.2, 0.25) is 11.8 Å². The summed E-state index contributed by atoms with van der Waals surface area (Å²) in [7, 11) is -2.72. The molecule has 0 saturated carbocycles. The van der Waals surface area contributed by atoms with Gasteiger partial charge in [0.15, 0.2) is 0 Å². The highest BCUT2D eigenvalue weighted by molar-refractivity contribution is 7.92. The van der Waals surface area contributed by atoms with Crippen LogP contribution in [0.15, 0.2) is 83.8 Å².